The van der Waals surface area contributed by atoms with Gasteiger partial charge in [0.05, 0.1) is 19.8 Å². The number of methoxy groups -OCH3 is 2. The van der Waals surface area contributed by atoms with E-state index in [0.717, 1.165) is 22.6 Å². The highest BCUT2D eigenvalue weighted by Gasteiger charge is 2.28. The lowest BCUT2D eigenvalue weighted by molar-refractivity contribution is 0.397. The summed E-state index contributed by atoms with van der Waals surface area (Å²) in [6.45, 7) is 21.1. The fourth-order valence-electron chi connectivity index (χ4n) is 7.25. The van der Waals surface area contributed by atoms with E-state index in [4.69, 9.17) is 9.47 Å². The van der Waals surface area contributed by atoms with Gasteiger partial charge in [0.25, 0.3) is 0 Å². The maximum atomic E-state index is 5.96. The minimum atomic E-state index is -0.877. The zero-order valence-electron chi connectivity index (χ0n) is 30.8. The first-order chi connectivity index (χ1) is 23.0. The summed E-state index contributed by atoms with van der Waals surface area (Å²) in [5.41, 5.74) is 13.3. The Morgan fingerprint density at radius 2 is 0.771 bits per heavy atom. The van der Waals surface area contributed by atoms with E-state index in [1.54, 1.807) is 14.2 Å². The minimum Gasteiger partial charge on any atom is -0.496 e. The van der Waals surface area contributed by atoms with Crippen molar-refractivity contribution in [2.45, 2.75) is 79.1 Å². The summed E-state index contributed by atoms with van der Waals surface area (Å²) >= 11 is 0. The summed E-state index contributed by atoms with van der Waals surface area (Å²) < 4.78 is 11.9. The van der Waals surface area contributed by atoms with E-state index < -0.39 is 7.92 Å². The van der Waals surface area contributed by atoms with Crippen LogP contribution < -0.4 is 20.1 Å². The molecule has 250 valence electrons. The van der Waals surface area contributed by atoms with Crippen molar-refractivity contribution < 1.29 is 9.47 Å². The van der Waals surface area contributed by atoms with Gasteiger partial charge < -0.3 is 9.47 Å². The van der Waals surface area contributed by atoms with Crippen LogP contribution >= 0.6 is 7.92 Å². The van der Waals surface area contributed by atoms with E-state index in [1.807, 2.05) is 18.2 Å². The summed E-state index contributed by atoms with van der Waals surface area (Å²) in [6.07, 6.45) is 0. The topological polar surface area (TPSA) is 18.5 Å². The van der Waals surface area contributed by atoms with E-state index in [9.17, 15) is 0 Å². The second kappa shape index (κ2) is 15.1. The molecule has 5 aromatic rings. The molecule has 0 aromatic heterocycles. The van der Waals surface area contributed by atoms with Crippen molar-refractivity contribution >= 4 is 18.5 Å². The molecule has 0 heterocycles. The van der Waals surface area contributed by atoms with Gasteiger partial charge in [0.2, 0.25) is 0 Å². The molecule has 1 atom stereocenters. The van der Waals surface area contributed by atoms with Crippen LogP contribution in [0.15, 0.2) is 97.1 Å². The molecule has 48 heavy (non-hydrogen) atoms. The van der Waals surface area contributed by atoms with Gasteiger partial charge >= 0.3 is 0 Å². The van der Waals surface area contributed by atoms with Gasteiger partial charge in [-0.05, 0) is 111 Å². The monoisotopic (exact) mass is 656 g/mol. The van der Waals surface area contributed by atoms with Gasteiger partial charge in [-0.15, -0.1) is 0 Å². The fourth-order valence-corrected chi connectivity index (χ4v) is 9.44. The van der Waals surface area contributed by atoms with Gasteiger partial charge in [0.15, 0.2) is 0 Å². The van der Waals surface area contributed by atoms with Crippen molar-refractivity contribution in [2.24, 2.45) is 0 Å². The highest BCUT2D eigenvalue weighted by Crippen LogP contribution is 2.48. The molecule has 0 fully saturated rings. The van der Waals surface area contributed by atoms with Crippen molar-refractivity contribution in [3.8, 4) is 44.9 Å². The molecule has 0 aliphatic carbocycles. The van der Waals surface area contributed by atoms with E-state index >= 15 is 0 Å². The molecule has 0 bridgehead atoms. The smallest absolute Gasteiger partial charge is 0.130 e. The Bertz CT molecular complexity index is 1720. The van der Waals surface area contributed by atoms with Gasteiger partial charge in [0.1, 0.15) is 11.5 Å². The van der Waals surface area contributed by atoms with Crippen LogP contribution in [0.2, 0.25) is 0 Å². The third kappa shape index (κ3) is 6.70. The van der Waals surface area contributed by atoms with E-state index in [0.29, 0.717) is 23.7 Å². The van der Waals surface area contributed by atoms with Gasteiger partial charge in [-0.1, -0.05) is 140 Å². The molecular weight excluding hydrogens is 603 g/mol. The second-order valence-corrected chi connectivity index (χ2v) is 16.1. The molecular formula is C45H53O2P. The molecule has 0 N–H and O–H groups in total. The third-order valence-electron chi connectivity index (χ3n) is 9.62. The lowest BCUT2D eigenvalue weighted by Crippen LogP contribution is -2.20. The van der Waals surface area contributed by atoms with Gasteiger partial charge in [-0.3, -0.25) is 0 Å². The van der Waals surface area contributed by atoms with Crippen LogP contribution in [0.4, 0.5) is 0 Å². The van der Waals surface area contributed by atoms with Gasteiger partial charge in [0, 0.05) is 0 Å². The second-order valence-electron chi connectivity index (χ2n) is 14.1. The van der Waals surface area contributed by atoms with Crippen LogP contribution in [0.1, 0.15) is 101 Å². The van der Waals surface area contributed by atoms with Crippen molar-refractivity contribution in [3.05, 3.63) is 119 Å². The van der Waals surface area contributed by atoms with Crippen molar-refractivity contribution in [3.63, 3.8) is 0 Å². The summed E-state index contributed by atoms with van der Waals surface area (Å²) in [7, 11) is 2.61. The molecule has 5 rings (SSSR count). The molecule has 0 aliphatic heterocycles. The predicted molar refractivity (Wildman–Crippen MR) is 211 cm³/mol. The summed E-state index contributed by atoms with van der Waals surface area (Å²) in [4.78, 5) is 0. The maximum Gasteiger partial charge on any atom is 0.130 e. The molecule has 0 aliphatic rings. The van der Waals surface area contributed by atoms with E-state index in [2.05, 4.69) is 141 Å². The molecule has 3 heteroatoms. The largest absolute Gasteiger partial charge is 0.496 e. The minimum absolute atomic E-state index is 0.387. The average Bonchev–Trinajstić information content (AvgIpc) is 3.09. The first-order valence-electron chi connectivity index (χ1n) is 17.4. The summed E-state index contributed by atoms with van der Waals surface area (Å²) in [5, 5.41) is 2.74. The quantitative estimate of drug-likeness (QED) is 0.132. The standard InChI is InChI=1S/C45H53O2P/c1-28(2)32-19-14-20-33(29(3)4)42(32)37-23-16-24-38(43-34(30(5)6)21-15-22-35(43)31(7)8)45(37)48(11)41-27-13-12-18-36(41)44-39(46-9)25-17-26-40(44)47-10/h12-31H,1-11H3. The number of ether oxygens (including phenoxy) is 2. The van der Waals surface area contributed by atoms with Crippen molar-refractivity contribution in [1.82, 2.24) is 0 Å². The fraction of sp³-hybridized carbons (Fsp3) is 0.333. The Morgan fingerprint density at radius 3 is 1.17 bits per heavy atom. The van der Waals surface area contributed by atoms with Crippen LogP contribution in [0.3, 0.4) is 0 Å². The van der Waals surface area contributed by atoms with Crippen LogP contribution in [0.25, 0.3) is 33.4 Å². The molecule has 1 unspecified atom stereocenters. The van der Waals surface area contributed by atoms with Crippen LogP contribution in [-0.4, -0.2) is 20.9 Å². The molecule has 0 saturated heterocycles. The Morgan fingerprint density at radius 1 is 0.417 bits per heavy atom. The number of rotatable bonds is 11. The van der Waals surface area contributed by atoms with Crippen LogP contribution in [-0.2, 0) is 0 Å². The van der Waals surface area contributed by atoms with Crippen molar-refractivity contribution in [2.75, 3.05) is 20.9 Å². The van der Waals surface area contributed by atoms with Crippen LogP contribution in [0.5, 0.6) is 11.5 Å². The molecule has 0 spiro atoms. The Balaban J connectivity index is 1.96. The first kappa shape index (κ1) is 35.4. The number of hydrogen-bond donors (Lipinski definition) is 0. The Kier molecular flexibility index (Phi) is 11.2. The van der Waals surface area contributed by atoms with Gasteiger partial charge in [-0.2, -0.15) is 0 Å². The first-order valence-corrected chi connectivity index (χ1v) is 19.2. The lowest BCUT2D eigenvalue weighted by Gasteiger charge is -2.30. The molecule has 0 radical (unpaired) electrons. The van der Waals surface area contributed by atoms with Crippen LogP contribution in [0, 0.1) is 0 Å². The zero-order valence-corrected chi connectivity index (χ0v) is 31.7. The molecule has 0 amide bonds. The van der Waals surface area contributed by atoms with Crippen molar-refractivity contribution in [1.29, 1.82) is 0 Å². The Hall–Kier alpha value is -3.87. The molecule has 5 aromatic carbocycles. The highest BCUT2D eigenvalue weighted by atomic mass is 31.1. The number of hydrogen-bond acceptors (Lipinski definition) is 2. The molecule has 2 nitrogen and oxygen atoms in total. The van der Waals surface area contributed by atoms with Gasteiger partial charge in [-0.25, -0.2) is 0 Å². The van der Waals surface area contributed by atoms with E-state index in [-0.39, 0.29) is 0 Å². The molecule has 0 saturated carbocycles. The summed E-state index contributed by atoms with van der Waals surface area (Å²) in [5.74, 6) is 3.18. The SMILES string of the molecule is COc1cccc(OC)c1-c1ccccc1P(C)c1c(-c2c(C(C)C)cccc2C(C)C)cccc1-c1c(C(C)C)cccc1C(C)C. The predicted octanol–water partition coefficient (Wildman–Crippen LogP) is 12.3. The lowest BCUT2D eigenvalue weighted by atomic mass is 9.82. The number of benzene rings is 5. The van der Waals surface area contributed by atoms with E-state index in [1.165, 1.54) is 55.1 Å². The Labute approximate surface area is 291 Å². The highest BCUT2D eigenvalue weighted by molar-refractivity contribution is 7.73. The maximum absolute atomic E-state index is 5.96. The average molecular weight is 657 g/mol. The third-order valence-corrected chi connectivity index (χ3v) is 11.9. The summed E-state index contributed by atoms with van der Waals surface area (Å²) in [6, 6.07) is 35.9. The normalized spacial score (nSPS) is 12.3. The zero-order chi connectivity index (χ0) is 34.7.